The average molecular weight is 275 g/mol. The molecule has 0 saturated carbocycles. The van der Waals surface area contributed by atoms with Crippen LogP contribution in [0.15, 0.2) is 35.1 Å². The number of amides is 1. The molecule has 6 heteroatoms. The first kappa shape index (κ1) is 13.4. The zero-order valence-corrected chi connectivity index (χ0v) is 11.4. The molecule has 2 aromatic rings. The van der Waals surface area contributed by atoms with Crippen molar-refractivity contribution in [2.24, 2.45) is 0 Å². The fourth-order valence-electron chi connectivity index (χ4n) is 1.67. The number of carbonyl (C=O) groups is 1. The van der Waals surface area contributed by atoms with Crippen LogP contribution in [0, 0.1) is 6.92 Å². The molecule has 19 heavy (non-hydrogen) atoms. The Morgan fingerprint density at radius 3 is 2.58 bits per heavy atom. The van der Waals surface area contributed by atoms with Crippen LogP contribution in [0.3, 0.4) is 0 Å². The van der Waals surface area contributed by atoms with Crippen molar-refractivity contribution in [3.8, 4) is 11.3 Å². The SMILES string of the molecule is CSC(=O)Nc1ccc(-c2n[nH]c(=O)cc2C)cc1. The van der Waals surface area contributed by atoms with E-state index in [4.69, 9.17) is 0 Å². The minimum atomic E-state index is -0.217. The van der Waals surface area contributed by atoms with Crippen LogP contribution in [0.25, 0.3) is 11.3 Å². The minimum absolute atomic E-state index is 0.105. The van der Waals surface area contributed by atoms with Crippen molar-refractivity contribution in [2.75, 3.05) is 11.6 Å². The first-order valence-electron chi connectivity index (χ1n) is 5.62. The molecule has 0 aliphatic heterocycles. The van der Waals surface area contributed by atoms with Gasteiger partial charge in [-0.25, -0.2) is 5.10 Å². The summed E-state index contributed by atoms with van der Waals surface area (Å²) < 4.78 is 0. The molecular weight excluding hydrogens is 262 g/mol. The number of carbonyl (C=O) groups excluding carboxylic acids is 1. The molecule has 0 fully saturated rings. The van der Waals surface area contributed by atoms with Crippen molar-refractivity contribution in [3.05, 3.63) is 46.2 Å². The molecule has 2 N–H and O–H groups in total. The van der Waals surface area contributed by atoms with Gasteiger partial charge in [-0.05, 0) is 30.9 Å². The van der Waals surface area contributed by atoms with Crippen LogP contribution in [0.5, 0.6) is 0 Å². The van der Waals surface area contributed by atoms with E-state index < -0.39 is 0 Å². The lowest BCUT2D eigenvalue weighted by atomic mass is 10.1. The summed E-state index contributed by atoms with van der Waals surface area (Å²) in [7, 11) is 0. The molecule has 0 aliphatic carbocycles. The van der Waals surface area contributed by atoms with Crippen molar-refractivity contribution < 1.29 is 4.79 Å². The number of aryl methyl sites for hydroxylation is 1. The summed E-state index contributed by atoms with van der Waals surface area (Å²) in [5.41, 5.74) is 2.93. The van der Waals surface area contributed by atoms with Gasteiger partial charge >= 0.3 is 0 Å². The van der Waals surface area contributed by atoms with Gasteiger partial charge < -0.3 is 5.32 Å². The van der Waals surface area contributed by atoms with Crippen LogP contribution in [0.2, 0.25) is 0 Å². The largest absolute Gasteiger partial charge is 0.317 e. The predicted molar refractivity (Wildman–Crippen MR) is 77.6 cm³/mol. The molecule has 1 aromatic carbocycles. The highest BCUT2D eigenvalue weighted by Gasteiger charge is 2.05. The standard InChI is InChI=1S/C13H13N3O2S/c1-8-7-11(17)15-16-12(8)9-3-5-10(6-4-9)14-13(18)19-2/h3-7H,1-2H3,(H,14,18)(H,15,17). The van der Waals surface area contributed by atoms with E-state index in [1.807, 2.05) is 19.1 Å². The normalized spacial score (nSPS) is 10.2. The van der Waals surface area contributed by atoms with Crippen LogP contribution >= 0.6 is 11.8 Å². The number of H-pyrrole nitrogens is 1. The summed E-state index contributed by atoms with van der Waals surface area (Å²) >= 11 is 1.12. The topological polar surface area (TPSA) is 74.8 Å². The number of rotatable bonds is 2. The zero-order valence-electron chi connectivity index (χ0n) is 10.6. The molecule has 1 aromatic heterocycles. The Morgan fingerprint density at radius 2 is 2.00 bits per heavy atom. The van der Waals surface area contributed by atoms with E-state index in [1.54, 1.807) is 18.4 Å². The highest BCUT2D eigenvalue weighted by Crippen LogP contribution is 2.21. The van der Waals surface area contributed by atoms with E-state index in [0.717, 1.165) is 34.3 Å². The Hall–Kier alpha value is -2.08. The van der Waals surface area contributed by atoms with E-state index in [0.29, 0.717) is 0 Å². The molecule has 0 bridgehead atoms. The van der Waals surface area contributed by atoms with Crippen molar-refractivity contribution in [1.29, 1.82) is 0 Å². The van der Waals surface area contributed by atoms with Crippen LogP contribution in [-0.4, -0.2) is 21.7 Å². The number of anilines is 1. The Kier molecular flexibility index (Phi) is 4.01. The molecular formula is C13H13N3O2S. The van der Waals surface area contributed by atoms with Crippen molar-refractivity contribution in [1.82, 2.24) is 10.2 Å². The van der Waals surface area contributed by atoms with Crippen molar-refractivity contribution >= 4 is 22.7 Å². The Morgan fingerprint density at radius 1 is 1.32 bits per heavy atom. The molecule has 0 spiro atoms. The Balaban J connectivity index is 2.27. The molecule has 0 unspecified atom stereocenters. The summed E-state index contributed by atoms with van der Waals surface area (Å²) in [6, 6.07) is 8.81. The smallest absolute Gasteiger partial charge is 0.283 e. The maximum Gasteiger partial charge on any atom is 0.283 e. The van der Waals surface area contributed by atoms with Crippen molar-refractivity contribution in [2.45, 2.75) is 6.92 Å². The summed E-state index contributed by atoms with van der Waals surface area (Å²) in [5, 5.41) is 9.08. The number of aromatic amines is 1. The number of benzene rings is 1. The van der Waals surface area contributed by atoms with Crippen LogP contribution < -0.4 is 10.9 Å². The van der Waals surface area contributed by atoms with Crippen molar-refractivity contribution in [3.63, 3.8) is 0 Å². The molecule has 0 radical (unpaired) electrons. The first-order chi connectivity index (χ1) is 9.10. The first-order valence-corrected chi connectivity index (χ1v) is 6.84. The Bertz CT molecular complexity index is 650. The van der Waals surface area contributed by atoms with E-state index in [1.165, 1.54) is 6.07 Å². The molecule has 0 aliphatic rings. The maximum absolute atomic E-state index is 11.2. The molecule has 98 valence electrons. The van der Waals surface area contributed by atoms with E-state index in [-0.39, 0.29) is 10.8 Å². The number of hydrogen-bond donors (Lipinski definition) is 2. The second kappa shape index (κ2) is 5.71. The van der Waals surface area contributed by atoms with Gasteiger partial charge in [0.25, 0.3) is 10.8 Å². The van der Waals surface area contributed by atoms with E-state index >= 15 is 0 Å². The third kappa shape index (κ3) is 3.23. The Labute approximate surface area is 114 Å². The highest BCUT2D eigenvalue weighted by atomic mass is 32.2. The third-order valence-electron chi connectivity index (χ3n) is 2.59. The summed E-state index contributed by atoms with van der Waals surface area (Å²) in [6.45, 7) is 1.83. The van der Waals surface area contributed by atoms with Gasteiger partial charge in [-0.3, -0.25) is 9.59 Å². The molecule has 2 rings (SSSR count). The predicted octanol–water partition coefficient (Wildman–Crippen LogP) is 2.64. The van der Waals surface area contributed by atoms with Gasteiger partial charge in [-0.2, -0.15) is 5.10 Å². The van der Waals surface area contributed by atoms with Gasteiger partial charge in [0.05, 0.1) is 5.69 Å². The number of nitrogens with one attached hydrogen (secondary N) is 2. The lowest BCUT2D eigenvalue weighted by Gasteiger charge is -2.06. The molecule has 5 nitrogen and oxygen atoms in total. The van der Waals surface area contributed by atoms with Gasteiger partial charge in [0.15, 0.2) is 0 Å². The number of thioether (sulfide) groups is 1. The van der Waals surface area contributed by atoms with Gasteiger partial charge in [0.1, 0.15) is 0 Å². The number of aromatic nitrogens is 2. The van der Waals surface area contributed by atoms with E-state index in [2.05, 4.69) is 15.5 Å². The average Bonchev–Trinajstić information content (AvgIpc) is 2.40. The highest BCUT2D eigenvalue weighted by molar-refractivity contribution is 8.13. The monoisotopic (exact) mass is 275 g/mol. The fourth-order valence-corrected chi connectivity index (χ4v) is 1.89. The third-order valence-corrected chi connectivity index (χ3v) is 3.06. The number of hydrogen-bond acceptors (Lipinski definition) is 4. The summed E-state index contributed by atoms with van der Waals surface area (Å²) in [6.07, 6.45) is 1.72. The zero-order chi connectivity index (χ0) is 13.8. The summed E-state index contributed by atoms with van der Waals surface area (Å²) in [5.74, 6) is 0. The van der Waals surface area contributed by atoms with Gasteiger partial charge in [0.2, 0.25) is 0 Å². The lowest BCUT2D eigenvalue weighted by Crippen LogP contribution is -2.08. The lowest BCUT2D eigenvalue weighted by molar-refractivity contribution is 0.270. The second-order valence-corrected chi connectivity index (χ2v) is 4.74. The quantitative estimate of drug-likeness (QED) is 0.883. The fraction of sp³-hybridized carbons (Fsp3) is 0.154. The maximum atomic E-state index is 11.2. The van der Waals surface area contributed by atoms with Gasteiger partial charge in [-0.1, -0.05) is 23.9 Å². The molecule has 0 atom stereocenters. The molecule has 0 saturated heterocycles. The number of nitrogens with zero attached hydrogens (tertiary/aromatic N) is 1. The minimum Gasteiger partial charge on any atom is -0.317 e. The van der Waals surface area contributed by atoms with Gasteiger partial charge in [0, 0.05) is 17.3 Å². The summed E-state index contributed by atoms with van der Waals surface area (Å²) in [4.78, 5) is 22.3. The van der Waals surface area contributed by atoms with E-state index in [9.17, 15) is 9.59 Å². The van der Waals surface area contributed by atoms with Crippen LogP contribution in [0.1, 0.15) is 5.56 Å². The van der Waals surface area contributed by atoms with Crippen LogP contribution in [-0.2, 0) is 0 Å². The second-order valence-electron chi connectivity index (χ2n) is 3.96. The molecule has 1 heterocycles. The van der Waals surface area contributed by atoms with Gasteiger partial charge in [-0.15, -0.1) is 0 Å². The van der Waals surface area contributed by atoms with Crippen LogP contribution in [0.4, 0.5) is 10.5 Å². The molecule has 1 amide bonds.